The van der Waals surface area contributed by atoms with Gasteiger partial charge in [-0.3, -0.25) is 20.4 Å². The number of amides is 2. The van der Waals surface area contributed by atoms with E-state index < -0.39 is 12.0 Å². The van der Waals surface area contributed by atoms with Crippen LogP contribution in [0, 0.1) is 0 Å². The first-order valence-corrected chi connectivity index (χ1v) is 9.45. The van der Waals surface area contributed by atoms with Gasteiger partial charge in [0.2, 0.25) is 5.91 Å². The van der Waals surface area contributed by atoms with Crippen molar-refractivity contribution in [1.82, 2.24) is 16.2 Å². The minimum Gasteiger partial charge on any atom is -0.481 e. The Balaban J connectivity index is 1.77. The van der Waals surface area contributed by atoms with Gasteiger partial charge in [0.25, 0.3) is 5.91 Å². The maximum Gasteiger partial charge on any atom is 0.279 e. The van der Waals surface area contributed by atoms with E-state index in [9.17, 15) is 9.59 Å². The van der Waals surface area contributed by atoms with Crippen molar-refractivity contribution >= 4 is 39.9 Å². The van der Waals surface area contributed by atoms with Crippen molar-refractivity contribution in [3.05, 3.63) is 42.5 Å². The number of carbonyl (C=O) groups is 2. The quantitative estimate of drug-likeness (QED) is 0.386. The van der Waals surface area contributed by atoms with E-state index in [2.05, 4.69) is 23.1 Å². The van der Waals surface area contributed by atoms with Gasteiger partial charge in [0.15, 0.2) is 11.2 Å². The molecule has 0 radical (unpaired) electrons. The number of thiocarbonyl (C=S) groups is 1. The van der Waals surface area contributed by atoms with E-state index >= 15 is 0 Å². The van der Waals surface area contributed by atoms with Crippen LogP contribution in [0.1, 0.15) is 39.5 Å². The second-order valence-corrected chi connectivity index (χ2v) is 6.63. The number of hydrazine groups is 1. The first kappa shape index (κ1) is 20.6. The first-order valence-electron chi connectivity index (χ1n) is 9.04. The lowest BCUT2D eigenvalue weighted by Crippen LogP contribution is -2.51. The molecule has 0 aromatic heterocycles. The van der Waals surface area contributed by atoms with Gasteiger partial charge in [0.05, 0.1) is 0 Å². The molecule has 0 saturated heterocycles. The Kier molecular flexibility index (Phi) is 8.00. The zero-order valence-corrected chi connectivity index (χ0v) is 16.4. The molecule has 144 valence electrons. The SMILES string of the molecule is CCCCCC(=O)NC(=S)NNC(=O)[C@@H](C)Oc1ccc2ccccc2c1. The molecule has 1 atom stereocenters. The van der Waals surface area contributed by atoms with Crippen molar-refractivity contribution in [1.29, 1.82) is 0 Å². The topological polar surface area (TPSA) is 79.5 Å². The molecule has 6 nitrogen and oxygen atoms in total. The fraction of sp³-hybridized carbons (Fsp3) is 0.350. The zero-order chi connectivity index (χ0) is 19.6. The molecule has 3 N–H and O–H groups in total. The van der Waals surface area contributed by atoms with Gasteiger partial charge >= 0.3 is 0 Å². The molecule has 0 saturated carbocycles. The zero-order valence-electron chi connectivity index (χ0n) is 15.6. The summed E-state index contributed by atoms with van der Waals surface area (Å²) in [6, 6.07) is 13.6. The molecular formula is C20H25N3O3S. The van der Waals surface area contributed by atoms with Gasteiger partial charge in [0.1, 0.15) is 5.75 Å². The Labute approximate surface area is 164 Å². The fourth-order valence-corrected chi connectivity index (χ4v) is 2.64. The third-order valence-corrected chi connectivity index (χ3v) is 4.17. The van der Waals surface area contributed by atoms with Crippen LogP contribution in [-0.4, -0.2) is 23.0 Å². The van der Waals surface area contributed by atoms with E-state index in [1.165, 1.54) is 0 Å². The summed E-state index contributed by atoms with van der Waals surface area (Å²) in [5.74, 6) is 0.0320. The molecule has 2 rings (SSSR count). The third kappa shape index (κ3) is 6.86. The van der Waals surface area contributed by atoms with Crippen LogP contribution in [0.4, 0.5) is 0 Å². The van der Waals surface area contributed by atoms with Crippen molar-refractivity contribution in [3.8, 4) is 5.75 Å². The van der Waals surface area contributed by atoms with E-state index in [-0.39, 0.29) is 11.0 Å². The van der Waals surface area contributed by atoms with E-state index in [1.807, 2.05) is 42.5 Å². The van der Waals surface area contributed by atoms with Gasteiger partial charge in [-0.05, 0) is 48.5 Å². The Morgan fingerprint density at radius 2 is 1.81 bits per heavy atom. The highest BCUT2D eigenvalue weighted by atomic mass is 32.1. The van der Waals surface area contributed by atoms with Crippen LogP contribution < -0.4 is 20.9 Å². The standard InChI is InChI=1S/C20H25N3O3S/c1-3-4-5-10-18(24)21-20(27)23-22-19(25)14(2)26-17-12-11-15-8-6-7-9-16(15)13-17/h6-9,11-14H,3-5,10H2,1-2H3,(H,22,25)(H2,21,23,24,27)/t14-/m1/s1. The van der Waals surface area contributed by atoms with E-state index in [1.54, 1.807) is 6.92 Å². The minimum absolute atomic E-state index is 0.0581. The number of hydrogen-bond acceptors (Lipinski definition) is 4. The molecule has 0 aliphatic heterocycles. The molecule has 27 heavy (non-hydrogen) atoms. The predicted molar refractivity (Wildman–Crippen MR) is 110 cm³/mol. The summed E-state index contributed by atoms with van der Waals surface area (Å²) < 4.78 is 5.68. The molecule has 0 fully saturated rings. The Hall–Kier alpha value is -2.67. The molecule has 2 aromatic rings. The molecule has 0 bridgehead atoms. The molecule has 0 aliphatic rings. The maximum absolute atomic E-state index is 12.1. The van der Waals surface area contributed by atoms with Crippen LogP contribution in [0.2, 0.25) is 0 Å². The lowest BCUT2D eigenvalue weighted by Gasteiger charge is -2.16. The Morgan fingerprint density at radius 3 is 2.56 bits per heavy atom. The summed E-state index contributed by atoms with van der Waals surface area (Å²) in [4.78, 5) is 23.8. The van der Waals surface area contributed by atoms with E-state index in [0.717, 1.165) is 30.0 Å². The van der Waals surface area contributed by atoms with Crippen LogP contribution >= 0.6 is 12.2 Å². The lowest BCUT2D eigenvalue weighted by molar-refractivity contribution is -0.128. The third-order valence-electron chi connectivity index (χ3n) is 3.96. The summed E-state index contributed by atoms with van der Waals surface area (Å²) >= 11 is 5.00. The largest absolute Gasteiger partial charge is 0.481 e. The number of carbonyl (C=O) groups excluding carboxylic acids is 2. The second kappa shape index (κ2) is 10.5. The molecule has 2 aromatic carbocycles. The van der Waals surface area contributed by atoms with Crippen molar-refractivity contribution in [2.75, 3.05) is 0 Å². The predicted octanol–water partition coefficient (Wildman–Crippen LogP) is 3.21. The van der Waals surface area contributed by atoms with Crippen molar-refractivity contribution in [3.63, 3.8) is 0 Å². The fourth-order valence-electron chi connectivity index (χ4n) is 2.47. The van der Waals surface area contributed by atoms with Gasteiger partial charge in [-0.15, -0.1) is 0 Å². The summed E-state index contributed by atoms with van der Waals surface area (Å²) in [5.41, 5.74) is 4.96. The maximum atomic E-state index is 12.1. The number of benzene rings is 2. The highest BCUT2D eigenvalue weighted by Crippen LogP contribution is 2.21. The average molecular weight is 388 g/mol. The van der Waals surface area contributed by atoms with E-state index in [0.29, 0.717) is 12.2 Å². The van der Waals surface area contributed by atoms with Crippen molar-refractivity contribution in [2.24, 2.45) is 0 Å². The lowest BCUT2D eigenvalue weighted by atomic mass is 10.1. The monoisotopic (exact) mass is 387 g/mol. The van der Waals surface area contributed by atoms with Gasteiger partial charge in [-0.1, -0.05) is 50.1 Å². The first-order chi connectivity index (χ1) is 13.0. The molecule has 2 amide bonds. The molecule has 7 heteroatoms. The summed E-state index contributed by atoms with van der Waals surface area (Å²) in [5, 5.41) is 4.72. The summed E-state index contributed by atoms with van der Waals surface area (Å²) in [6.45, 7) is 3.71. The van der Waals surface area contributed by atoms with Crippen LogP contribution in [0.3, 0.4) is 0 Å². The number of unbranched alkanes of at least 4 members (excludes halogenated alkanes) is 2. The van der Waals surface area contributed by atoms with Gasteiger partial charge in [-0.25, -0.2) is 0 Å². The smallest absolute Gasteiger partial charge is 0.279 e. The number of nitrogens with one attached hydrogen (secondary N) is 3. The minimum atomic E-state index is -0.735. The average Bonchev–Trinajstić information content (AvgIpc) is 2.66. The second-order valence-electron chi connectivity index (χ2n) is 6.22. The molecule has 0 spiro atoms. The highest BCUT2D eigenvalue weighted by Gasteiger charge is 2.15. The molecule has 0 heterocycles. The van der Waals surface area contributed by atoms with Gasteiger partial charge in [-0.2, -0.15) is 0 Å². The van der Waals surface area contributed by atoms with Crippen LogP contribution in [0.25, 0.3) is 10.8 Å². The summed E-state index contributed by atoms with van der Waals surface area (Å²) in [6.07, 6.45) is 2.52. The molecular weight excluding hydrogens is 362 g/mol. The number of rotatable bonds is 7. The van der Waals surface area contributed by atoms with Gasteiger partial charge < -0.3 is 10.1 Å². The van der Waals surface area contributed by atoms with Crippen molar-refractivity contribution in [2.45, 2.75) is 45.6 Å². The number of ether oxygens (including phenoxy) is 1. The van der Waals surface area contributed by atoms with Crippen LogP contribution in [0.5, 0.6) is 5.75 Å². The molecule has 0 aliphatic carbocycles. The normalized spacial score (nSPS) is 11.5. The number of hydrogen-bond donors (Lipinski definition) is 3. The van der Waals surface area contributed by atoms with Gasteiger partial charge in [0, 0.05) is 6.42 Å². The van der Waals surface area contributed by atoms with E-state index in [4.69, 9.17) is 17.0 Å². The Bertz CT molecular complexity index is 810. The van der Waals surface area contributed by atoms with Crippen LogP contribution in [-0.2, 0) is 9.59 Å². The number of fused-ring (bicyclic) bond motifs is 1. The molecule has 0 unspecified atom stereocenters. The summed E-state index contributed by atoms with van der Waals surface area (Å²) in [7, 11) is 0. The highest BCUT2D eigenvalue weighted by molar-refractivity contribution is 7.80. The Morgan fingerprint density at radius 1 is 1.07 bits per heavy atom. The van der Waals surface area contributed by atoms with Crippen LogP contribution in [0.15, 0.2) is 42.5 Å². The van der Waals surface area contributed by atoms with Crippen molar-refractivity contribution < 1.29 is 14.3 Å².